The lowest BCUT2D eigenvalue weighted by Crippen LogP contribution is -2.40. The Bertz CT molecular complexity index is 610. The topological polar surface area (TPSA) is 55.4 Å². The van der Waals surface area contributed by atoms with Crippen LogP contribution in [0.1, 0.15) is 62.7 Å². The van der Waals surface area contributed by atoms with E-state index < -0.39 is 0 Å². The maximum absolute atomic E-state index is 12.1. The summed E-state index contributed by atoms with van der Waals surface area (Å²) in [4.78, 5) is 23.4. The largest absolute Gasteiger partial charge is 0.494 e. The van der Waals surface area contributed by atoms with Crippen molar-refractivity contribution in [2.45, 2.75) is 58.4 Å². The second-order valence-electron chi connectivity index (χ2n) is 7.73. The van der Waals surface area contributed by atoms with Crippen LogP contribution in [-0.2, 0) is 4.79 Å². The highest BCUT2D eigenvalue weighted by Crippen LogP contribution is 2.49. The fourth-order valence-corrected chi connectivity index (χ4v) is 4.55. The zero-order valence-corrected chi connectivity index (χ0v) is 15.3. The maximum atomic E-state index is 12.1. The highest BCUT2D eigenvalue weighted by molar-refractivity contribution is 5.94. The molecule has 1 aromatic carbocycles. The molecule has 3 rings (SSSR count). The van der Waals surface area contributed by atoms with Gasteiger partial charge in [0.1, 0.15) is 5.75 Å². The summed E-state index contributed by atoms with van der Waals surface area (Å²) in [5, 5.41) is 3.19. The molecule has 0 saturated heterocycles. The molecule has 4 atom stereocenters. The molecule has 0 aromatic heterocycles. The summed E-state index contributed by atoms with van der Waals surface area (Å²) in [6.45, 7) is 4.22. The third-order valence-electron chi connectivity index (χ3n) is 5.90. The van der Waals surface area contributed by atoms with E-state index in [2.05, 4.69) is 12.2 Å². The molecule has 4 nitrogen and oxygen atoms in total. The number of rotatable bonds is 8. The van der Waals surface area contributed by atoms with Crippen LogP contribution in [0.25, 0.3) is 0 Å². The number of amides is 1. The highest BCUT2D eigenvalue weighted by atomic mass is 16.5. The summed E-state index contributed by atoms with van der Waals surface area (Å²) in [5.74, 6) is 3.34. The monoisotopic (exact) mass is 343 g/mol. The zero-order valence-electron chi connectivity index (χ0n) is 15.3. The van der Waals surface area contributed by atoms with Gasteiger partial charge >= 0.3 is 0 Å². The first-order valence-electron chi connectivity index (χ1n) is 9.56. The Balaban J connectivity index is 1.33. The van der Waals surface area contributed by atoms with E-state index in [1.54, 1.807) is 31.2 Å². The van der Waals surface area contributed by atoms with Crippen LogP contribution in [0.4, 0.5) is 0 Å². The van der Waals surface area contributed by atoms with Crippen LogP contribution < -0.4 is 10.1 Å². The smallest absolute Gasteiger partial charge is 0.220 e. The molecule has 2 saturated carbocycles. The fraction of sp³-hybridized carbons (Fsp3) is 0.619. The van der Waals surface area contributed by atoms with Crippen molar-refractivity contribution >= 4 is 11.7 Å². The standard InChI is InChI=1S/C21H29NO3/c1-14(20-13-16-5-6-18(20)12-16)22-21(24)4-3-11-25-19-9-7-17(8-10-19)15(2)23/h7-10,14,16,18,20H,3-6,11-13H2,1-2H3,(H,22,24). The Morgan fingerprint density at radius 2 is 1.96 bits per heavy atom. The van der Waals surface area contributed by atoms with E-state index in [-0.39, 0.29) is 11.7 Å². The maximum Gasteiger partial charge on any atom is 0.220 e. The van der Waals surface area contributed by atoms with Gasteiger partial charge in [0, 0.05) is 18.0 Å². The first kappa shape index (κ1) is 18.0. The number of ether oxygens (including phenoxy) is 1. The molecule has 1 aromatic rings. The Morgan fingerprint density at radius 1 is 1.20 bits per heavy atom. The van der Waals surface area contributed by atoms with Crippen molar-refractivity contribution in [2.75, 3.05) is 6.61 Å². The molecule has 4 heteroatoms. The van der Waals surface area contributed by atoms with Crippen molar-refractivity contribution in [1.29, 1.82) is 0 Å². The van der Waals surface area contributed by atoms with Gasteiger partial charge in [-0.1, -0.05) is 6.42 Å². The minimum absolute atomic E-state index is 0.0489. The first-order chi connectivity index (χ1) is 12.0. The van der Waals surface area contributed by atoms with Crippen LogP contribution >= 0.6 is 0 Å². The van der Waals surface area contributed by atoms with Gasteiger partial charge in [0.25, 0.3) is 0 Å². The minimum atomic E-state index is 0.0489. The molecule has 136 valence electrons. The molecule has 2 bridgehead atoms. The molecule has 1 amide bonds. The third-order valence-corrected chi connectivity index (χ3v) is 5.90. The number of hydrogen-bond donors (Lipinski definition) is 1. The van der Waals surface area contributed by atoms with Gasteiger partial charge in [-0.25, -0.2) is 0 Å². The van der Waals surface area contributed by atoms with Crippen molar-refractivity contribution in [3.05, 3.63) is 29.8 Å². The number of nitrogens with one attached hydrogen (secondary N) is 1. The lowest BCUT2D eigenvalue weighted by Gasteiger charge is -2.28. The van der Waals surface area contributed by atoms with Crippen molar-refractivity contribution < 1.29 is 14.3 Å². The molecule has 0 radical (unpaired) electrons. The number of Topliss-reactive ketones (excluding diaryl/α,β-unsaturated/α-hetero) is 1. The van der Waals surface area contributed by atoms with E-state index in [1.807, 2.05) is 0 Å². The molecule has 25 heavy (non-hydrogen) atoms. The van der Waals surface area contributed by atoms with Crippen molar-refractivity contribution in [3.63, 3.8) is 0 Å². The van der Waals surface area contributed by atoms with Gasteiger partial charge in [0.15, 0.2) is 5.78 Å². The van der Waals surface area contributed by atoms with E-state index in [9.17, 15) is 9.59 Å². The molecule has 4 unspecified atom stereocenters. The summed E-state index contributed by atoms with van der Waals surface area (Å²) >= 11 is 0. The predicted molar refractivity (Wildman–Crippen MR) is 97.7 cm³/mol. The summed E-state index contributed by atoms with van der Waals surface area (Å²) in [6, 6.07) is 7.42. The van der Waals surface area contributed by atoms with Gasteiger partial charge in [-0.15, -0.1) is 0 Å². The Morgan fingerprint density at radius 3 is 2.56 bits per heavy atom. The summed E-state index contributed by atoms with van der Waals surface area (Å²) in [5.41, 5.74) is 0.682. The summed E-state index contributed by atoms with van der Waals surface area (Å²) in [6.07, 6.45) is 6.62. The molecular formula is C21H29NO3. The molecule has 2 fully saturated rings. The average Bonchev–Trinajstić information content (AvgIpc) is 3.22. The lowest BCUT2D eigenvalue weighted by atomic mass is 9.84. The predicted octanol–water partition coefficient (Wildman–Crippen LogP) is 3.99. The van der Waals surface area contributed by atoms with Crippen LogP contribution in [0.2, 0.25) is 0 Å². The molecule has 2 aliphatic carbocycles. The average molecular weight is 343 g/mol. The second kappa shape index (κ2) is 8.03. The quantitative estimate of drug-likeness (QED) is 0.573. The van der Waals surface area contributed by atoms with Gasteiger partial charge in [0.2, 0.25) is 5.91 Å². The van der Waals surface area contributed by atoms with Gasteiger partial charge < -0.3 is 10.1 Å². The van der Waals surface area contributed by atoms with Gasteiger partial charge in [0.05, 0.1) is 6.61 Å². The van der Waals surface area contributed by atoms with Crippen molar-refractivity contribution in [3.8, 4) is 5.75 Å². The Hall–Kier alpha value is -1.84. The Labute approximate surface area is 150 Å². The van der Waals surface area contributed by atoms with Crippen LogP contribution in [0.5, 0.6) is 5.75 Å². The van der Waals surface area contributed by atoms with E-state index >= 15 is 0 Å². The van der Waals surface area contributed by atoms with Gasteiger partial charge in [-0.3, -0.25) is 9.59 Å². The SMILES string of the molecule is CC(=O)c1ccc(OCCCC(=O)NC(C)C2CC3CCC2C3)cc1. The number of hydrogen-bond acceptors (Lipinski definition) is 3. The van der Waals surface area contributed by atoms with E-state index in [0.29, 0.717) is 37.0 Å². The third kappa shape index (κ3) is 4.62. The van der Waals surface area contributed by atoms with Crippen LogP contribution in [0.3, 0.4) is 0 Å². The zero-order chi connectivity index (χ0) is 17.8. The molecule has 0 aliphatic heterocycles. The van der Waals surface area contributed by atoms with E-state index in [1.165, 1.54) is 25.7 Å². The minimum Gasteiger partial charge on any atom is -0.494 e. The fourth-order valence-electron chi connectivity index (χ4n) is 4.55. The second-order valence-corrected chi connectivity index (χ2v) is 7.73. The highest BCUT2D eigenvalue weighted by Gasteiger charge is 2.41. The summed E-state index contributed by atoms with van der Waals surface area (Å²) < 4.78 is 5.64. The van der Waals surface area contributed by atoms with Crippen LogP contribution in [-0.4, -0.2) is 24.3 Å². The Kier molecular flexibility index (Phi) is 5.77. The number of benzene rings is 1. The van der Waals surface area contributed by atoms with Crippen molar-refractivity contribution in [2.24, 2.45) is 17.8 Å². The molecular weight excluding hydrogens is 314 g/mol. The normalized spacial score (nSPS) is 25.6. The van der Waals surface area contributed by atoms with Crippen LogP contribution in [0, 0.1) is 17.8 Å². The number of carbonyl (C=O) groups excluding carboxylic acids is 2. The molecule has 0 heterocycles. The van der Waals surface area contributed by atoms with Gasteiger partial charge in [-0.2, -0.15) is 0 Å². The van der Waals surface area contributed by atoms with Crippen molar-refractivity contribution in [1.82, 2.24) is 5.32 Å². The number of ketones is 1. The molecule has 2 aliphatic rings. The van der Waals surface area contributed by atoms with Gasteiger partial charge in [-0.05, 0) is 81.5 Å². The molecule has 1 N–H and O–H groups in total. The summed E-state index contributed by atoms with van der Waals surface area (Å²) in [7, 11) is 0. The number of fused-ring (bicyclic) bond motifs is 2. The lowest BCUT2D eigenvalue weighted by molar-refractivity contribution is -0.122. The van der Waals surface area contributed by atoms with Crippen LogP contribution in [0.15, 0.2) is 24.3 Å². The van der Waals surface area contributed by atoms with E-state index in [0.717, 1.165) is 17.6 Å². The first-order valence-corrected chi connectivity index (χ1v) is 9.56. The number of carbonyl (C=O) groups is 2. The molecule has 0 spiro atoms. The van der Waals surface area contributed by atoms with E-state index in [4.69, 9.17) is 4.74 Å².